The Bertz CT molecular complexity index is 1240. The topological polar surface area (TPSA) is 53.3 Å². The second-order valence-electron chi connectivity index (χ2n) is 7.35. The minimum absolute atomic E-state index is 0.106. The van der Waals surface area contributed by atoms with Gasteiger partial charge in [-0.1, -0.05) is 90.2 Å². The zero-order chi connectivity index (χ0) is 22.5. The van der Waals surface area contributed by atoms with Crippen molar-refractivity contribution in [1.82, 2.24) is 4.90 Å². The van der Waals surface area contributed by atoms with Crippen molar-refractivity contribution in [2.45, 2.75) is 20.1 Å². The molecular weight excluding hydrogens is 436 g/mol. The maximum atomic E-state index is 13.0. The highest BCUT2D eigenvalue weighted by atomic mass is 32.2. The SMILES string of the molecule is Cc1ccc(CN2C(=O)/C(=C/c3ccccc3OCc3ccccc3C#N)SC2=S)cc1. The number of thioether (sulfide) groups is 1. The van der Waals surface area contributed by atoms with Gasteiger partial charge in [-0.15, -0.1) is 0 Å². The van der Waals surface area contributed by atoms with Gasteiger partial charge in [-0.05, 0) is 30.7 Å². The molecule has 0 spiro atoms. The third-order valence-electron chi connectivity index (χ3n) is 5.06. The number of amides is 1. The molecule has 0 bridgehead atoms. The summed E-state index contributed by atoms with van der Waals surface area (Å²) in [4.78, 5) is 15.2. The molecule has 0 saturated carbocycles. The molecule has 6 heteroatoms. The number of aryl methyl sites for hydroxylation is 1. The summed E-state index contributed by atoms with van der Waals surface area (Å²) < 4.78 is 6.55. The summed E-state index contributed by atoms with van der Waals surface area (Å²) >= 11 is 6.78. The predicted molar refractivity (Wildman–Crippen MR) is 132 cm³/mol. The van der Waals surface area contributed by atoms with Crippen LogP contribution in [0.15, 0.2) is 77.7 Å². The average molecular weight is 457 g/mol. The number of carbonyl (C=O) groups is 1. The van der Waals surface area contributed by atoms with Gasteiger partial charge < -0.3 is 4.74 Å². The third kappa shape index (κ3) is 4.91. The molecule has 158 valence electrons. The Morgan fingerprint density at radius 3 is 2.56 bits per heavy atom. The number of para-hydroxylation sites is 1. The first-order valence-corrected chi connectivity index (χ1v) is 11.3. The first-order chi connectivity index (χ1) is 15.5. The largest absolute Gasteiger partial charge is 0.488 e. The van der Waals surface area contributed by atoms with Gasteiger partial charge in [0.2, 0.25) is 0 Å². The van der Waals surface area contributed by atoms with E-state index in [1.807, 2.05) is 79.7 Å². The van der Waals surface area contributed by atoms with E-state index in [1.54, 1.807) is 11.0 Å². The summed E-state index contributed by atoms with van der Waals surface area (Å²) in [6, 6.07) is 25.2. The van der Waals surface area contributed by atoms with Crippen LogP contribution in [0.25, 0.3) is 6.08 Å². The van der Waals surface area contributed by atoms with E-state index in [0.717, 1.165) is 16.7 Å². The van der Waals surface area contributed by atoms with E-state index in [4.69, 9.17) is 17.0 Å². The molecule has 1 amide bonds. The summed E-state index contributed by atoms with van der Waals surface area (Å²) in [5.41, 5.74) is 4.40. The third-order valence-corrected chi connectivity index (χ3v) is 6.44. The highest BCUT2D eigenvalue weighted by molar-refractivity contribution is 8.26. The zero-order valence-corrected chi connectivity index (χ0v) is 19.1. The van der Waals surface area contributed by atoms with Gasteiger partial charge in [0.1, 0.15) is 16.7 Å². The van der Waals surface area contributed by atoms with Gasteiger partial charge in [0, 0.05) is 11.1 Å². The number of hydrogen-bond donors (Lipinski definition) is 0. The normalized spacial score (nSPS) is 14.6. The lowest BCUT2D eigenvalue weighted by Gasteiger charge is -2.14. The van der Waals surface area contributed by atoms with Gasteiger partial charge in [-0.25, -0.2) is 0 Å². The van der Waals surface area contributed by atoms with E-state index in [-0.39, 0.29) is 12.5 Å². The standard InChI is InChI=1S/C26H20N2O2S2/c1-18-10-12-19(13-11-18)16-28-25(29)24(32-26(28)31)14-20-6-4-5-9-23(20)30-17-22-8-3-2-7-21(22)15-27/h2-14H,16-17H2,1H3/b24-14-. The lowest BCUT2D eigenvalue weighted by atomic mass is 10.1. The highest BCUT2D eigenvalue weighted by Crippen LogP contribution is 2.35. The minimum atomic E-state index is -0.106. The Labute approximate surface area is 197 Å². The van der Waals surface area contributed by atoms with Crippen LogP contribution in [-0.2, 0) is 17.9 Å². The van der Waals surface area contributed by atoms with Gasteiger partial charge in [0.05, 0.1) is 23.1 Å². The number of benzene rings is 3. The Hall–Kier alpha value is -3.40. The molecule has 0 unspecified atom stereocenters. The van der Waals surface area contributed by atoms with Crippen molar-refractivity contribution in [2.75, 3.05) is 0 Å². The molecule has 1 heterocycles. The molecule has 4 nitrogen and oxygen atoms in total. The fourth-order valence-electron chi connectivity index (χ4n) is 3.30. The summed E-state index contributed by atoms with van der Waals surface area (Å²) in [7, 11) is 0. The number of ether oxygens (including phenoxy) is 1. The molecule has 3 aromatic rings. The summed E-state index contributed by atoms with van der Waals surface area (Å²) in [6.07, 6.45) is 1.82. The molecule has 1 fully saturated rings. The second kappa shape index (κ2) is 9.82. The van der Waals surface area contributed by atoms with Gasteiger partial charge >= 0.3 is 0 Å². The van der Waals surface area contributed by atoms with Crippen molar-refractivity contribution in [2.24, 2.45) is 0 Å². The number of rotatable bonds is 6. The molecule has 1 aliphatic rings. The van der Waals surface area contributed by atoms with Crippen LogP contribution < -0.4 is 4.74 Å². The predicted octanol–water partition coefficient (Wildman–Crippen LogP) is 5.85. The monoisotopic (exact) mass is 456 g/mol. The zero-order valence-electron chi connectivity index (χ0n) is 17.4. The first kappa shape index (κ1) is 21.8. The van der Waals surface area contributed by atoms with Crippen LogP contribution in [0.2, 0.25) is 0 Å². The van der Waals surface area contributed by atoms with E-state index >= 15 is 0 Å². The number of thiocarbonyl (C=S) groups is 1. The molecule has 4 rings (SSSR count). The number of hydrogen-bond acceptors (Lipinski definition) is 5. The molecule has 0 radical (unpaired) electrons. The molecule has 0 aliphatic carbocycles. The smallest absolute Gasteiger partial charge is 0.266 e. The van der Waals surface area contributed by atoms with Crippen molar-refractivity contribution in [1.29, 1.82) is 5.26 Å². The van der Waals surface area contributed by atoms with Crippen molar-refractivity contribution in [3.8, 4) is 11.8 Å². The maximum absolute atomic E-state index is 13.0. The van der Waals surface area contributed by atoms with Gasteiger partial charge in [-0.2, -0.15) is 5.26 Å². The molecule has 0 atom stereocenters. The molecular formula is C26H20N2O2S2. The summed E-state index contributed by atoms with van der Waals surface area (Å²) in [6.45, 7) is 2.75. The van der Waals surface area contributed by atoms with E-state index in [0.29, 0.717) is 27.1 Å². The van der Waals surface area contributed by atoms with Crippen LogP contribution in [0, 0.1) is 18.3 Å². The highest BCUT2D eigenvalue weighted by Gasteiger charge is 2.32. The number of nitriles is 1. The second-order valence-corrected chi connectivity index (χ2v) is 9.02. The number of carbonyl (C=O) groups excluding carboxylic acids is 1. The van der Waals surface area contributed by atoms with E-state index in [9.17, 15) is 10.1 Å². The quantitative estimate of drug-likeness (QED) is 0.344. The average Bonchev–Trinajstić information content (AvgIpc) is 3.07. The number of nitrogens with zero attached hydrogens (tertiary/aromatic N) is 2. The van der Waals surface area contributed by atoms with Crippen molar-refractivity contribution < 1.29 is 9.53 Å². The summed E-state index contributed by atoms with van der Waals surface area (Å²) in [5, 5.41) is 9.29. The molecule has 0 N–H and O–H groups in total. The van der Waals surface area contributed by atoms with Crippen LogP contribution >= 0.6 is 24.0 Å². The Balaban J connectivity index is 1.52. The fourth-order valence-corrected chi connectivity index (χ4v) is 4.54. The van der Waals surface area contributed by atoms with Crippen LogP contribution in [0.3, 0.4) is 0 Å². The van der Waals surface area contributed by atoms with Crippen molar-refractivity contribution in [3.63, 3.8) is 0 Å². The van der Waals surface area contributed by atoms with Crippen LogP contribution in [0.5, 0.6) is 5.75 Å². The van der Waals surface area contributed by atoms with Crippen molar-refractivity contribution in [3.05, 3.63) is 106 Å². The Morgan fingerprint density at radius 1 is 1.06 bits per heavy atom. The van der Waals surface area contributed by atoms with Crippen molar-refractivity contribution >= 4 is 40.3 Å². The molecule has 32 heavy (non-hydrogen) atoms. The minimum Gasteiger partial charge on any atom is -0.488 e. The van der Waals surface area contributed by atoms with E-state index in [1.165, 1.54) is 17.3 Å². The molecule has 1 aliphatic heterocycles. The van der Waals surface area contributed by atoms with E-state index in [2.05, 4.69) is 6.07 Å². The molecule has 0 aromatic heterocycles. The van der Waals surface area contributed by atoms with Crippen LogP contribution in [-0.4, -0.2) is 15.1 Å². The lowest BCUT2D eigenvalue weighted by Crippen LogP contribution is -2.27. The van der Waals surface area contributed by atoms with E-state index < -0.39 is 0 Å². The summed E-state index contributed by atoms with van der Waals surface area (Å²) in [5.74, 6) is 0.536. The Kier molecular flexibility index (Phi) is 6.69. The fraction of sp³-hybridized carbons (Fsp3) is 0.115. The molecule has 3 aromatic carbocycles. The van der Waals surface area contributed by atoms with Gasteiger partial charge in [0.15, 0.2) is 0 Å². The van der Waals surface area contributed by atoms with Gasteiger partial charge in [0.25, 0.3) is 5.91 Å². The maximum Gasteiger partial charge on any atom is 0.266 e. The first-order valence-electron chi connectivity index (χ1n) is 10.1. The molecule has 1 saturated heterocycles. The van der Waals surface area contributed by atoms with Crippen LogP contribution in [0.1, 0.15) is 27.8 Å². The lowest BCUT2D eigenvalue weighted by molar-refractivity contribution is -0.122. The Morgan fingerprint density at radius 2 is 1.78 bits per heavy atom. The van der Waals surface area contributed by atoms with Crippen LogP contribution in [0.4, 0.5) is 0 Å². The van der Waals surface area contributed by atoms with Gasteiger partial charge in [-0.3, -0.25) is 9.69 Å².